The Kier molecular flexibility index (Phi) is 5.55. The summed E-state index contributed by atoms with van der Waals surface area (Å²) >= 11 is 0. The quantitative estimate of drug-likeness (QED) is 0.661. The van der Waals surface area contributed by atoms with Gasteiger partial charge in [-0.15, -0.1) is 0 Å². The smallest absolute Gasteiger partial charge is 0.306 e. The fourth-order valence-corrected chi connectivity index (χ4v) is 4.56. The molecule has 132 valence electrons. The van der Waals surface area contributed by atoms with Gasteiger partial charge in [0.15, 0.2) is 0 Å². The van der Waals surface area contributed by atoms with Crippen LogP contribution in [0.4, 0.5) is 5.69 Å². The van der Waals surface area contributed by atoms with Crippen LogP contribution in [0.1, 0.15) is 13.3 Å². The highest BCUT2D eigenvalue weighted by molar-refractivity contribution is 7.74. The van der Waals surface area contributed by atoms with E-state index in [-0.39, 0.29) is 5.91 Å². The monoisotopic (exact) mass is 365 g/mol. The van der Waals surface area contributed by atoms with Crippen molar-refractivity contribution in [2.24, 2.45) is 0 Å². The molecule has 0 atom stereocenters. The van der Waals surface area contributed by atoms with Crippen LogP contribution < -0.4 is 20.4 Å². The maximum atomic E-state index is 13.8. The highest BCUT2D eigenvalue weighted by Crippen LogP contribution is 2.45. The van der Waals surface area contributed by atoms with Gasteiger partial charge in [0.1, 0.15) is 5.75 Å². The number of amides is 1. The lowest BCUT2D eigenvalue weighted by atomic mass is 10.3. The minimum Gasteiger partial charge on any atom is -0.437 e. The molecule has 0 fully saturated rings. The zero-order valence-corrected chi connectivity index (χ0v) is 15.4. The van der Waals surface area contributed by atoms with Crippen LogP contribution in [0.3, 0.4) is 0 Å². The summed E-state index contributed by atoms with van der Waals surface area (Å²) in [5.74, 6) is 0.424. The van der Waals surface area contributed by atoms with E-state index >= 15 is 0 Å². The largest absolute Gasteiger partial charge is 0.437 e. The number of hydrogen-bond acceptors (Lipinski definition) is 3. The third-order valence-electron chi connectivity index (χ3n) is 3.89. The molecule has 0 saturated carbocycles. The van der Waals surface area contributed by atoms with Gasteiger partial charge in [0, 0.05) is 12.1 Å². The summed E-state index contributed by atoms with van der Waals surface area (Å²) in [6, 6.07) is 25.3. The van der Waals surface area contributed by atoms with E-state index in [0.717, 1.165) is 0 Å². The second kappa shape index (κ2) is 8.03. The Balaban J connectivity index is 1.92. The van der Waals surface area contributed by atoms with Crippen molar-refractivity contribution < 1.29 is 13.9 Å². The second-order valence-electron chi connectivity index (χ2n) is 5.74. The SMILES string of the molecule is CCC(=O)Nc1ccc(OP(=O)(c2ccccc2)c2ccccc2)cc1. The molecule has 0 bridgehead atoms. The highest BCUT2D eigenvalue weighted by atomic mass is 31.2. The molecule has 0 aliphatic rings. The van der Waals surface area contributed by atoms with Gasteiger partial charge >= 0.3 is 7.37 Å². The summed E-state index contributed by atoms with van der Waals surface area (Å²) in [6.45, 7) is 1.79. The molecule has 0 aromatic heterocycles. The molecule has 0 aliphatic heterocycles. The predicted octanol–water partition coefficient (Wildman–Crippen LogP) is 4.34. The molecule has 5 heteroatoms. The van der Waals surface area contributed by atoms with Gasteiger partial charge in [-0.05, 0) is 48.5 Å². The van der Waals surface area contributed by atoms with E-state index in [2.05, 4.69) is 5.32 Å². The maximum Gasteiger partial charge on any atom is 0.306 e. The first-order valence-corrected chi connectivity index (χ1v) is 10.0. The normalized spacial score (nSPS) is 11.0. The van der Waals surface area contributed by atoms with Crippen molar-refractivity contribution in [2.45, 2.75) is 13.3 Å². The van der Waals surface area contributed by atoms with Crippen molar-refractivity contribution >= 4 is 29.6 Å². The van der Waals surface area contributed by atoms with Crippen LogP contribution in [0.25, 0.3) is 0 Å². The van der Waals surface area contributed by atoms with Crippen LogP contribution in [-0.4, -0.2) is 5.91 Å². The Morgan fingerprint density at radius 1 is 0.846 bits per heavy atom. The molecular weight excluding hydrogens is 345 g/mol. The molecule has 0 radical (unpaired) electrons. The Morgan fingerprint density at radius 3 is 1.81 bits per heavy atom. The Hall–Kier alpha value is -2.84. The minimum atomic E-state index is -3.28. The molecule has 3 aromatic rings. The Morgan fingerprint density at radius 2 is 1.35 bits per heavy atom. The van der Waals surface area contributed by atoms with Crippen molar-refractivity contribution in [1.29, 1.82) is 0 Å². The van der Waals surface area contributed by atoms with Gasteiger partial charge in [0.2, 0.25) is 5.91 Å². The summed E-state index contributed by atoms with van der Waals surface area (Å²) < 4.78 is 19.8. The van der Waals surface area contributed by atoms with Crippen LogP contribution in [0.15, 0.2) is 84.9 Å². The van der Waals surface area contributed by atoms with E-state index in [1.54, 1.807) is 31.2 Å². The average molecular weight is 365 g/mol. The van der Waals surface area contributed by atoms with Gasteiger partial charge in [-0.1, -0.05) is 43.3 Å². The van der Waals surface area contributed by atoms with Crippen molar-refractivity contribution in [1.82, 2.24) is 0 Å². The third-order valence-corrected chi connectivity index (χ3v) is 6.31. The number of carbonyl (C=O) groups excluding carboxylic acids is 1. The molecule has 3 rings (SSSR count). The lowest BCUT2D eigenvalue weighted by Gasteiger charge is -2.20. The lowest BCUT2D eigenvalue weighted by molar-refractivity contribution is -0.115. The number of benzene rings is 3. The van der Waals surface area contributed by atoms with E-state index < -0.39 is 7.37 Å². The van der Waals surface area contributed by atoms with Crippen molar-refractivity contribution in [3.63, 3.8) is 0 Å². The van der Waals surface area contributed by atoms with Crippen LogP contribution in [0.5, 0.6) is 5.75 Å². The average Bonchev–Trinajstić information content (AvgIpc) is 2.70. The first-order valence-electron chi connectivity index (χ1n) is 8.42. The number of nitrogens with one attached hydrogen (secondary N) is 1. The number of carbonyl (C=O) groups is 1. The molecule has 1 N–H and O–H groups in total. The standard InChI is InChI=1S/C21H20NO3P/c1-2-21(23)22-17-13-15-18(16-14-17)25-26(24,19-9-5-3-6-10-19)20-11-7-4-8-12-20/h3-16H,2H2,1H3,(H,22,23). The van der Waals surface area contributed by atoms with Gasteiger partial charge in [-0.2, -0.15) is 0 Å². The topological polar surface area (TPSA) is 55.4 Å². The van der Waals surface area contributed by atoms with E-state index in [1.165, 1.54) is 0 Å². The predicted molar refractivity (Wildman–Crippen MR) is 106 cm³/mol. The van der Waals surface area contributed by atoms with Crippen LogP contribution >= 0.6 is 7.37 Å². The van der Waals surface area contributed by atoms with Crippen molar-refractivity contribution in [2.75, 3.05) is 5.32 Å². The summed E-state index contributed by atoms with van der Waals surface area (Å²) in [4.78, 5) is 11.5. The third kappa shape index (κ3) is 4.04. The molecule has 0 heterocycles. The maximum absolute atomic E-state index is 13.8. The van der Waals surface area contributed by atoms with Crippen LogP contribution in [-0.2, 0) is 9.36 Å². The van der Waals surface area contributed by atoms with Crippen molar-refractivity contribution in [3.05, 3.63) is 84.9 Å². The van der Waals surface area contributed by atoms with Crippen LogP contribution in [0, 0.1) is 0 Å². The molecule has 0 spiro atoms. The first-order chi connectivity index (χ1) is 12.6. The Bertz CT molecular complexity index is 866. The number of hydrogen-bond donors (Lipinski definition) is 1. The zero-order valence-electron chi connectivity index (χ0n) is 14.5. The second-order valence-corrected chi connectivity index (χ2v) is 8.06. The lowest BCUT2D eigenvalue weighted by Crippen LogP contribution is -2.20. The highest BCUT2D eigenvalue weighted by Gasteiger charge is 2.29. The van der Waals surface area contributed by atoms with Gasteiger partial charge in [0.05, 0.1) is 10.6 Å². The molecule has 0 aliphatic carbocycles. The van der Waals surface area contributed by atoms with E-state index in [4.69, 9.17) is 4.52 Å². The summed E-state index contributed by atoms with van der Waals surface area (Å²) in [7, 11) is -3.28. The summed E-state index contributed by atoms with van der Waals surface area (Å²) in [6.07, 6.45) is 0.412. The van der Waals surface area contributed by atoms with E-state index in [1.807, 2.05) is 60.7 Å². The molecule has 3 aromatic carbocycles. The van der Waals surface area contributed by atoms with Gasteiger partial charge in [-0.3, -0.25) is 9.36 Å². The Labute approximate surface area is 153 Å². The van der Waals surface area contributed by atoms with Gasteiger partial charge in [0.25, 0.3) is 0 Å². The number of anilines is 1. The first kappa shape index (κ1) is 18.0. The molecular formula is C21H20NO3P. The van der Waals surface area contributed by atoms with Gasteiger partial charge in [-0.25, -0.2) is 0 Å². The van der Waals surface area contributed by atoms with E-state index in [0.29, 0.717) is 28.5 Å². The minimum absolute atomic E-state index is 0.0575. The molecule has 4 nitrogen and oxygen atoms in total. The fraction of sp³-hybridized carbons (Fsp3) is 0.0952. The molecule has 0 unspecified atom stereocenters. The van der Waals surface area contributed by atoms with E-state index in [9.17, 15) is 9.36 Å². The molecule has 1 amide bonds. The summed E-state index contributed by atoms with van der Waals surface area (Å²) in [5.41, 5.74) is 0.679. The van der Waals surface area contributed by atoms with Crippen molar-refractivity contribution in [3.8, 4) is 5.75 Å². The summed E-state index contributed by atoms with van der Waals surface area (Å²) in [5, 5.41) is 4.05. The number of rotatable bonds is 6. The van der Waals surface area contributed by atoms with Gasteiger partial charge < -0.3 is 9.84 Å². The zero-order chi connectivity index (χ0) is 18.4. The molecule has 26 heavy (non-hydrogen) atoms. The fourth-order valence-electron chi connectivity index (χ4n) is 2.50. The van der Waals surface area contributed by atoms with Crippen LogP contribution in [0.2, 0.25) is 0 Å². The molecule has 0 saturated heterocycles.